The Balaban J connectivity index is 2.18. The smallest absolute Gasteiger partial charge is 0.0941 e. The van der Waals surface area contributed by atoms with Gasteiger partial charge in [0, 0.05) is 6.42 Å². The lowest BCUT2D eigenvalue weighted by Crippen LogP contribution is -1.79. The van der Waals surface area contributed by atoms with Gasteiger partial charge in [0.15, 0.2) is 0 Å². The molecule has 1 radical (unpaired) electrons. The average molecular weight is 202 g/mol. The van der Waals surface area contributed by atoms with Crippen molar-refractivity contribution in [1.29, 1.82) is 0 Å². The van der Waals surface area contributed by atoms with Crippen LogP contribution in [0.15, 0.2) is 36.4 Å². The summed E-state index contributed by atoms with van der Waals surface area (Å²) in [6.07, 6.45) is 5.97. The summed E-state index contributed by atoms with van der Waals surface area (Å²) in [5, 5.41) is 1.21. The minimum Gasteiger partial charge on any atom is -0.241 e. The number of thiazole rings is 1. The molecule has 0 N–H and O–H groups in total. The molecule has 0 fully saturated rings. The van der Waals surface area contributed by atoms with Crippen LogP contribution in [0.3, 0.4) is 0 Å². The fraction of sp³-hybridized carbons (Fsp3) is 0.167. The molecule has 71 valence electrons. The molecule has 1 aromatic heterocycles. The van der Waals surface area contributed by atoms with E-state index in [0.29, 0.717) is 0 Å². The summed E-state index contributed by atoms with van der Waals surface area (Å²) in [6.45, 7) is 3.66. The van der Waals surface area contributed by atoms with E-state index < -0.39 is 0 Å². The minimum absolute atomic E-state index is 1.02. The minimum atomic E-state index is 1.02. The molecule has 2 rings (SSSR count). The standard InChI is InChI=1S/C12H12NS/c1-2-3-4-9-12-13-10-7-5-6-8-11(10)14-12/h2-3,5-8H,1,4,9H2. The van der Waals surface area contributed by atoms with Gasteiger partial charge in [-0.2, -0.15) is 0 Å². The first-order chi connectivity index (χ1) is 6.90. The highest BCUT2D eigenvalue weighted by molar-refractivity contribution is 7.18. The number of hydrogen-bond donors (Lipinski definition) is 0. The monoisotopic (exact) mass is 202 g/mol. The van der Waals surface area contributed by atoms with Crippen molar-refractivity contribution in [2.75, 3.05) is 0 Å². The number of nitrogens with zero attached hydrogens (tertiary/aromatic N) is 1. The molecular formula is C12H12NS. The van der Waals surface area contributed by atoms with E-state index in [0.717, 1.165) is 18.4 Å². The Kier molecular flexibility index (Phi) is 2.94. The maximum atomic E-state index is 4.55. The lowest BCUT2D eigenvalue weighted by molar-refractivity contribution is 0.987. The van der Waals surface area contributed by atoms with Gasteiger partial charge in [-0.15, -0.1) is 11.3 Å². The Morgan fingerprint density at radius 3 is 3.00 bits per heavy atom. The Morgan fingerprint density at radius 2 is 2.21 bits per heavy atom. The summed E-state index contributed by atoms with van der Waals surface area (Å²) in [6, 6.07) is 8.27. The third kappa shape index (κ3) is 2.02. The fourth-order valence-electron chi connectivity index (χ4n) is 1.35. The van der Waals surface area contributed by atoms with Crippen LogP contribution in [0.25, 0.3) is 10.2 Å². The molecule has 0 spiro atoms. The highest BCUT2D eigenvalue weighted by Gasteiger charge is 2.00. The van der Waals surface area contributed by atoms with E-state index in [9.17, 15) is 0 Å². The molecule has 0 saturated carbocycles. The molecule has 1 aromatic carbocycles. The zero-order valence-electron chi connectivity index (χ0n) is 7.94. The van der Waals surface area contributed by atoms with E-state index in [1.165, 1.54) is 9.71 Å². The lowest BCUT2D eigenvalue weighted by atomic mass is 10.3. The third-order valence-electron chi connectivity index (χ3n) is 2.03. The first-order valence-electron chi connectivity index (χ1n) is 4.69. The van der Waals surface area contributed by atoms with Crippen LogP contribution in [-0.4, -0.2) is 4.98 Å². The maximum Gasteiger partial charge on any atom is 0.0941 e. The van der Waals surface area contributed by atoms with Crippen LogP contribution in [0.2, 0.25) is 0 Å². The van der Waals surface area contributed by atoms with Crippen molar-refractivity contribution in [3.05, 3.63) is 48.3 Å². The van der Waals surface area contributed by atoms with Gasteiger partial charge in [-0.05, 0) is 25.5 Å². The van der Waals surface area contributed by atoms with Gasteiger partial charge in [-0.25, -0.2) is 4.98 Å². The van der Waals surface area contributed by atoms with Crippen LogP contribution in [0.1, 0.15) is 11.4 Å². The summed E-state index contributed by atoms with van der Waals surface area (Å²) in [7, 11) is 0. The lowest BCUT2D eigenvalue weighted by Gasteiger charge is -1.87. The van der Waals surface area contributed by atoms with E-state index in [1.807, 2.05) is 12.1 Å². The number of fused-ring (bicyclic) bond motifs is 1. The predicted octanol–water partition coefficient (Wildman–Crippen LogP) is 3.62. The molecule has 2 aromatic rings. The summed E-state index contributed by atoms with van der Waals surface area (Å²) < 4.78 is 1.28. The molecule has 14 heavy (non-hydrogen) atoms. The van der Waals surface area contributed by atoms with Crippen molar-refractivity contribution in [1.82, 2.24) is 4.98 Å². The van der Waals surface area contributed by atoms with Crippen LogP contribution in [-0.2, 0) is 6.42 Å². The molecule has 2 heteroatoms. The predicted molar refractivity (Wildman–Crippen MR) is 62.4 cm³/mol. The second-order valence-corrected chi connectivity index (χ2v) is 4.20. The first kappa shape index (κ1) is 9.41. The zero-order chi connectivity index (χ0) is 9.80. The van der Waals surface area contributed by atoms with Crippen molar-refractivity contribution >= 4 is 21.6 Å². The number of allylic oxidation sites excluding steroid dienone is 2. The van der Waals surface area contributed by atoms with Gasteiger partial charge >= 0.3 is 0 Å². The summed E-state index contributed by atoms with van der Waals surface area (Å²) >= 11 is 1.78. The summed E-state index contributed by atoms with van der Waals surface area (Å²) in [5.74, 6) is 0. The molecule has 0 atom stereocenters. The first-order valence-corrected chi connectivity index (χ1v) is 5.50. The van der Waals surface area contributed by atoms with Crippen LogP contribution in [0.5, 0.6) is 0 Å². The van der Waals surface area contributed by atoms with Crippen molar-refractivity contribution in [3.8, 4) is 0 Å². The largest absolute Gasteiger partial charge is 0.241 e. The Hall–Kier alpha value is -1.15. The van der Waals surface area contributed by atoms with Gasteiger partial charge in [0.2, 0.25) is 0 Å². The second-order valence-electron chi connectivity index (χ2n) is 3.09. The molecule has 0 aliphatic heterocycles. The van der Waals surface area contributed by atoms with Crippen molar-refractivity contribution < 1.29 is 0 Å². The molecule has 0 aliphatic carbocycles. The molecule has 0 bridgehead atoms. The number of rotatable bonds is 3. The molecule has 0 amide bonds. The number of hydrogen-bond acceptors (Lipinski definition) is 2. The Morgan fingerprint density at radius 1 is 1.36 bits per heavy atom. The van der Waals surface area contributed by atoms with Gasteiger partial charge in [0.1, 0.15) is 0 Å². The van der Waals surface area contributed by atoms with Gasteiger partial charge in [-0.3, -0.25) is 0 Å². The Bertz CT molecular complexity index is 409. The highest BCUT2D eigenvalue weighted by atomic mass is 32.1. The van der Waals surface area contributed by atoms with E-state index in [4.69, 9.17) is 0 Å². The van der Waals surface area contributed by atoms with E-state index in [1.54, 1.807) is 11.3 Å². The number of para-hydroxylation sites is 1. The summed E-state index contributed by atoms with van der Waals surface area (Å²) in [5.41, 5.74) is 1.12. The molecule has 0 aliphatic rings. The third-order valence-corrected chi connectivity index (χ3v) is 3.13. The van der Waals surface area contributed by atoms with E-state index >= 15 is 0 Å². The van der Waals surface area contributed by atoms with Crippen molar-refractivity contribution in [2.45, 2.75) is 12.8 Å². The number of aromatic nitrogens is 1. The highest BCUT2D eigenvalue weighted by Crippen LogP contribution is 2.22. The van der Waals surface area contributed by atoms with Crippen LogP contribution in [0.4, 0.5) is 0 Å². The number of aryl methyl sites for hydroxylation is 1. The average Bonchev–Trinajstić information content (AvgIpc) is 2.60. The number of benzene rings is 1. The second kappa shape index (κ2) is 4.38. The van der Waals surface area contributed by atoms with E-state index in [-0.39, 0.29) is 0 Å². The molecular weight excluding hydrogens is 190 g/mol. The van der Waals surface area contributed by atoms with Gasteiger partial charge in [-0.1, -0.05) is 24.3 Å². The van der Waals surface area contributed by atoms with Gasteiger partial charge in [0.05, 0.1) is 15.2 Å². The quantitative estimate of drug-likeness (QED) is 0.740. The fourth-order valence-corrected chi connectivity index (χ4v) is 2.33. The van der Waals surface area contributed by atoms with Gasteiger partial charge in [0.25, 0.3) is 0 Å². The molecule has 0 unspecified atom stereocenters. The Labute approximate surface area is 88.1 Å². The summed E-state index contributed by atoms with van der Waals surface area (Å²) in [4.78, 5) is 4.55. The van der Waals surface area contributed by atoms with Gasteiger partial charge < -0.3 is 0 Å². The SMILES string of the molecule is [CH2]C=CCCc1nc2ccccc2s1. The van der Waals surface area contributed by atoms with Crippen LogP contribution < -0.4 is 0 Å². The molecule has 0 saturated heterocycles. The molecule has 1 heterocycles. The van der Waals surface area contributed by atoms with Crippen LogP contribution >= 0.6 is 11.3 Å². The zero-order valence-corrected chi connectivity index (χ0v) is 8.76. The van der Waals surface area contributed by atoms with Crippen molar-refractivity contribution in [2.24, 2.45) is 0 Å². The topological polar surface area (TPSA) is 12.9 Å². The normalized spacial score (nSPS) is 11.5. The van der Waals surface area contributed by atoms with E-state index in [2.05, 4.69) is 36.2 Å². The maximum absolute atomic E-state index is 4.55. The van der Waals surface area contributed by atoms with Crippen molar-refractivity contribution in [3.63, 3.8) is 0 Å². The van der Waals surface area contributed by atoms with Crippen LogP contribution in [0, 0.1) is 6.92 Å². The molecule has 1 nitrogen and oxygen atoms in total.